The van der Waals surface area contributed by atoms with Gasteiger partial charge in [0.1, 0.15) is 5.82 Å². The average Bonchev–Trinajstić information content (AvgIpc) is 2.36. The number of anilines is 1. The van der Waals surface area contributed by atoms with Crippen LogP contribution < -0.4 is 10.6 Å². The van der Waals surface area contributed by atoms with Gasteiger partial charge in [0.15, 0.2) is 0 Å². The number of hydrogen-bond acceptors (Lipinski definition) is 5. The van der Waals surface area contributed by atoms with Crippen LogP contribution in [0.1, 0.15) is 19.5 Å². The summed E-state index contributed by atoms with van der Waals surface area (Å²) in [7, 11) is 0. The number of aryl methyl sites for hydroxylation is 1. The third kappa shape index (κ3) is 3.86. The summed E-state index contributed by atoms with van der Waals surface area (Å²) >= 11 is 0. The van der Waals surface area contributed by atoms with Gasteiger partial charge in [-0.15, -0.1) is 0 Å². The summed E-state index contributed by atoms with van der Waals surface area (Å²) in [5.41, 5.74) is -2.97. The van der Waals surface area contributed by atoms with E-state index in [0.717, 1.165) is 6.92 Å². The van der Waals surface area contributed by atoms with Crippen LogP contribution in [0.15, 0.2) is 18.2 Å². The zero-order valence-corrected chi connectivity index (χ0v) is 12.2. The van der Waals surface area contributed by atoms with Gasteiger partial charge in [0, 0.05) is 12.6 Å². The molecule has 1 aromatic rings. The van der Waals surface area contributed by atoms with Crippen LogP contribution in [0.4, 0.5) is 19.0 Å². The minimum atomic E-state index is -5.14. The Balaban J connectivity index is 3.34. The summed E-state index contributed by atoms with van der Waals surface area (Å²) in [6.07, 6.45) is -5.14. The number of nitrogens with one attached hydrogen (secondary N) is 2. The second-order valence-corrected chi connectivity index (χ2v) is 4.44. The molecule has 6 nitrogen and oxygen atoms in total. The first-order chi connectivity index (χ1) is 10.1. The van der Waals surface area contributed by atoms with Gasteiger partial charge >= 0.3 is 17.8 Å². The molecule has 0 aliphatic carbocycles. The van der Waals surface area contributed by atoms with Crippen LogP contribution >= 0.6 is 0 Å². The number of alkyl halides is 3. The van der Waals surface area contributed by atoms with E-state index in [9.17, 15) is 22.8 Å². The second kappa shape index (κ2) is 6.63. The first kappa shape index (κ1) is 17.7. The van der Waals surface area contributed by atoms with E-state index in [1.165, 1.54) is 19.1 Å². The summed E-state index contributed by atoms with van der Waals surface area (Å²) in [5, 5.41) is 3.54. The molecule has 9 heteroatoms. The van der Waals surface area contributed by atoms with Gasteiger partial charge in [-0.1, -0.05) is 6.07 Å². The van der Waals surface area contributed by atoms with E-state index in [4.69, 9.17) is 0 Å². The lowest BCUT2D eigenvalue weighted by molar-refractivity contribution is -0.207. The second-order valence-electron chi connectivity index (χ2n) is 4.44. The fraction of sp³-hybridized carbons (Fsp3) is 0.462. The minimum Gasteiger partial charge on any atom is -0.463 e. The predicted molar refractivity (Wildman–Crippen MR) is 71.8 cm³/mol. The van der Waals surface area contributed by atoms with Gasteiger partial charge in [-0.2, -0.15) is 13.2 Å². The van der Waals surface area contributed by atoms with Crippen molar-refractivity contribution < 1.29 is 27.5 Å². The highest BCUT2D eigenvalue weighted by Crippen LogP contribution is 2.32. The molecule has 2 N–H and O–H groups in total. The molecule has 0 aromatic carbocycles. The molecule has 0 bridgehead atoms. The summed E-state index contributed by atoms with van der Waals surface area (Å²) in [5.74, 6) is -2.94. The van der Waals surface area contributed by atoms with Gasteiger partial charge in [0.2, 0.25) is 5.91 Å². The van der Waals surface area contributed by atoms with Crippen molar-refractivity contribution in [3.8, 4) is 0 Å². The molecule has 1 heterocycles. The number of amides is 1. The lowest BCUT2D eigenvalue weighted by atomic mass is 10.1. The normalized spacial score (nSPS) is 13.9. The average molecular weight is 319 g/mol. The molecule has 0 unspecified atom stereocenters. The first-order valence-electron chi connectivity index (χ1n) is 6.37. The molecule has 1 atom stereocenters. The smallest absolute Gasteiger partial charge is 0.441 e. The Labute approximate surface area is 125 Å². The summed E-state index contributed by atoms with van der Waals surface area (Å²) in [6.45, 7) is 3.52. The highest BCUT2D eigenvalue weighted by Gasteiger charge is 2.63. The van der Waals surface area contributed by atoms with Gasteiger partial charge in [-0.25, -0.2) is 9.78 Å². The molecule has 0 aliphatic heterocycles. The molecule has 1 aromatic heterocycles. The Kier molecular flexibility index (Phi) is 5.34. The summed E-state index contributed by atoms with van der Waals surface area (Å²) < 4.78 is 44.9. The van der Waals surface area contributed by atoms with Crippen molar-refractivity contribution in [3.05, 3.63) is 23.9 Å². The van der Waals surface area contributed by atoms with Crippen molar-refractivity contribution in [2.24, 2.45) is 0 Å². The number of halogens is 3. The standard InChI is InChI=1S/C13H16F3N3O3/c1-4-22-11(21)12(13(14,15)16,18-9(3)20)19-10-7-5-6-8(2)17-10/h5-7H,4H2,1-3H3,(H,17,19)(H,18,20)/t12-/m0/s1. The van der Waals surface area contributed by atoms with Crippen molar-refractivity contribution in [2.45, 2.75) is 32.6 Å². The zero-order chi connectivity index (χ0) is 17.0. The Morgan fingerprint density at radius 2 is 1.95 bits per heavy atom. The van der Waals surface area contributed by atoms with Crippen molar-refractivity contribution in [2.75, 3.05) is 11.9 Å². The number of esters is 1. The molecule has 0 saturated carbocycles. The minimum absolute atomic E-state index is 0.223. The topological polar surface area (TPSA) is 80.3 Å². The third-order valence-corrected chi connectivity index (χ3v) is 2.57. The van der Waals surface area contributed by atoms with E-state index in [1.807, 2.05) is 5.32 Å². The molecule has 1 rings (SSSR count). The van der Waals surface area contributed by atoms with Crippen LogP contribution in [0.2, 0.25) is 0 Å². The summed E-state index contributed by atoms with van der Waals surface area (Å²) in [4.78, 5) is 26.9. The van der Waals surface area contributed by atoms with E-state index in [0.29, 0.717) is 5.69 Å². The number of aromatic nitrogens is 1. The van der Waals surface area contributed by atoms with Crippen LogP contribution in [-0.4, -0.2) is 35.3 Å². The maximum Gasteiger partial charge on any atom is 0.441 e. The van der Waals surface area contributed by atoms with Crippen LogP contribution in [0.3, 0.4) is 0 Å². The molecular formula is C13H16F3N3O3. The fourth-order valence-electron chi connectivity index (χ4n) is 1.70. The van der Waals surface area contributed by atoms with Gasteiger partial charge in [-0.05, 0) is 26.0 Å². The molecule has 0 fully saturated rings. The first-order valence-corrected chi connectivity index (χ1v) is 6.37. The van der Waals surface area contributed by atoms with E-state index >= 15 is 0 Å². The van der Waals surface area contributed by atoms with E-state index in [1.54, 1.807) is 18.3 Å². The van der Waals surface area contributed by atoms with Crippen molar-refractivity contribution in [1.29, 1.82) is 0 Å². The molecule has 22 heavy (non-hydrogen) atoms. The molecule has 1 amide bonds. The summed E-state index contributed by atoms with van der Waals surface area (Å²) in [6, 6.07) is 4.28. The Morgan fingerprint density at radius 1 is 1.32 bits per heavy atom. The molecule has 0 aliphatic rings. The maximum absolute atomic E-state index is 13.5. The SMILES string of the molecule is CCOC(=O)[C@](NC(C)=O)(Nc1cccc(C)n1)C(F)(F)F. The molecule has 0 spiro atoms. The lowest BCUT2D eigenvalue weighted by Gasteiger charge is -2.34. The Morgan fingerprint density at radius 3 is 2.41 bits per heavy atom. The molecular weight excluding hydrogens is 303 g/mol. The lowest BCUT2D eigenvalue weighted by Crippen LogP contribution is -2.69. The fourth-order valence-corrected chi connectivity index (χ4v) is 1.70. The number of rotatable bonds is 5. The zero-order valence-electron chi connectivity index (χ0n) is 12.2. The van der Waals surface area contributed by atoms with Crippen LogP contribution in [0.5, 0.6) is 0 Å². The molecule has 0 saturated heterocycles. The van der Waals surface area contributed by atoms with Gasteiger partial charge < -0.3 is 15.4 Å². The number of carbonyl (C=O) groups excluding carboxylic acids is 2. The number of pyridine rings is 1. The van der Waals surface area contributed by atoms with Crippen molar-refractivity contribution in [1.82, 2.24) is 10.3 Å². The molecule has 0 radical (unpaired) electrons. The van der Waals surface area contributed by atoms with Crippen LogP contribution in [0.25, 0.3) is 0 Å². The number of carbonyl (C=O) groups is 2. The number of hydrogen-bond donors (Lipinski definition) is 2. The van der Waals surface area contributed by atoms with E-state index < -0.39 is 23.7 Å². The highest BCUT2D eigenvalue weighted by molar-refractivity contribution is 5.90. The van der Waals surface area contributed by atoms with Gasteiger partial charge in [0.05, 0.1) is 6.61 Å². The third-order valence-electron chi connectivity index (χ3n) is 2.57. The Hall–Kier alpha value is -2.32. The maximum atomic E-state index is 13.5. The highest BCUT2D eigenvalue weighted by atomic mass is 19.4. The largest absolute Gasteiger partial charge is 0.463 e. The van der Waals surface area contributed by atoms with Crippen molar-refractivity contribution in [3.63, 3.8) is 0 Å². The van der Waals surface area contributed by atoms with Crippen LogP contribution in [0, 0.1) is 6.92 Å². The quantitative estimate of drug-likeness (QED) is 0.638. The molecule has 122 valence electrons. The van der Waals surface area contributed by atoms with Gasteiger partial charge in [-0.3, -0.25) is 4.79 Å². The van der Waals surface area contributed by atoms with Crippen molar-refractivity contribution >= 4 is 17.7 Å². The predicted octanol–water partition coefficient (Wildman–Crippen LogP) is 1.76. The number of ether oxygens (including phenoxy) is 1. The monoisotopic (exact) mass is 319 g/mol. The number of nitrogens with zero attached hydrogens (tertiary/aromatic N) is 1. The van der Waals surface area contributed by atoms with Crippen LogP contribution in [-0.2, 0) is 14.3 Å². The van der Waals surface area contributed by atoms with Gasteiger partial charge in [0.25, 0.3) is 0 Å². The Bertz CT molecular complexity index is 563. The van der Waals surface area contributed by atoms with E-state index in [-0.39, 0.29) is 12.4 Å². The van der Waals surface area contributed by atoms with E-state index in [2.05, 4.69) is 9.72 Å².